The molecule has 4 nitrogen and oxygen atoms in total. The first-order valence-corrected chi connectivity index (χ1v) is 6.93. The summed E-state index contributed by atoms with van der Waals surface area (Å²) in [6, 6.07) is 10.5. The van der Waals surface area contributed by atoms with Crippen molar-refractivity contribution < 1.29 is 9.72 Å². The summed E-state index contributed by atoms with van der Waals surface area (Å²) in [5, 5.41) is 10.9. The molecule has 0 fully saturated rings. The van der Waals surface area contributed by atoms with Crippen molar-refractivity contribution in [1.29, 1.82) is 0 Å². The minimum absolute atomic E-state index is 0.0363. The molecule has 0 radical (unpaired) electrons. The van der Waals surface area contributed by atoms with E-state index in [0.29, 0.717) is 11.1 Å². The van der Waals surface area contributed by atoms with E-state index in [0.717, 1.165) is 16.7 Å². The van der Waals surface area contributed by atoms with Crippen LogP contribution in [0.3, 0.4) is 0 Å². The number of benzene rings is 2. The number of nitro groups is 1. The zero-order valence-electron chi connectivity index (χ0n) is 12.8. The Bertz CT molecular complexity index is 776. The van der Waals surface area contributed by atoms with Gasteiger partial charge in [-0.2, -0.15) is 0 Å². The van der Waals surface area contributed by atoms with Crippen LogP contribution >= 0.6 is 0 Å². The minimum Gasteiger partial charge on any atom is -0.289 e. The van der Waals surface area contributed by atoms with Gasteiger partial charge in [0, 0.05) is 17.2 Å². The fraction of sp³-hybridized carbons (Fsp3) is 0.167. The maximum Gasteiger partial charge on any atom is 0.273 e. The number of nitrogens with zero attached hydrogens (tertiary/aromatic N) is 1. The van der Waals surface area contributed by atoms with E-state index in [1.54, 1.807) is 25.1 Å². The van der Waals surface area contributed by atoms with Gasteiger partial charge in [-0.05, 0) is 38.0 Å². The molecule has 2 rings (SSSR count). The van der Waals surface area contributed by atoms with Gasteiger partial charge in [0.2, 0.25) is 0 Å². The quantitative estimate of drug-likeness (QED) is 0.363. The van der Waals surface area contributed by atoms with E-state index in [-0.39, 0.29) is 11.5 Å². The molecule has 0 aliphatic rings. The number of ketones is 1. The number of carbonyl (C=O) groups is 1. The second kappa shape index (κ2) is 6.35. The van der Waals surface area contributed by atoms with Crippen molar-refractivity contribution >= 4 is 17.5 Å². The number of hydrogen-bond acceptors (Lipinski definition) is 3. The van der Waals surface area contributed by atoms with E-state index in [1.807, 2.05) is 32.0 Å². The molecule has 0 unspecified atom stereocenters. The van der Waals surface area contributed by atoms with E-state index in [2.05, 4.69) is 0 Å². The first-order valence-electron chi connectivity index (χ1n) is 6.93. The third kappa shape index (κ3) is 3.47. The van der Waals surface area contributed by atoms with Crippen LogP contribution < -0.4 is 0 Å². The van der Waals surface area contributed by atoms with Crippen LogP contribution in [-0.2, 0) is 0 Å². The van der Waals surface area contributed by atoms with Crippen LogP contribution in [0, 0.1) is 30.9 Å². The molecule has 2 aromatic rings. The molecule has 0 aliphatic heterocycles. The molecule has 112 valence electrons. The highest BCUT2D eigenvalue weighted by atomic mass is 16.6. The summed E-state index contributed by atoms with van der Waals surface area (Å²) < 4.78 is 0. The number of allylic oxidation sites excluding steroid dienone is 1. The van der Waals surface area contributed by atoms with E-state index in [1.165, 1.54) is 12.1 Å². The maximum absolute atomic E-state index is 12.2. The average Bonchev–Trinajstić information content (AvgIpc) is 2.46. The molecule has 2 aromatic carbocycles. The van der Waals surface area contributed by atoms with Gasteiger partial charge in [0.05, 0.1) is 4.92 Å². The Morgan fingerprint density at radius 3 is 2.41 bits per heavy atom. The van der Waals surface area contributed by atoms with Crippen molar-refractivity contribution in [2.45, 2.75) is 20.8 Å². The normalized spacial score (nSPS) is 10.9. The number of carbonyl (C=O) groups excluding carboxylic acids is 1. The van der Waals surface area contributed by atoms with Gasteiger partial charge in [0.25, 0.3) is 5.69 Å². The molecule has 4 heteroatoms. The Balaban J connectivity index is 2.27. The SMILES string of the molecule is Cc1ccc(/C=C/C(=O)c2ccc(C)c([N+](=O)[O-])c2)c(C)c1. The molecule has 0 amide bonds. The van der Waals surface area contributed by atoms with Gasteiger partial charge in [-0.15, -0.1) is 0 Å². The van der Waals surface area contributed by atoms with Crippen LogP contribution in [0.4, 0.5) is 5.69 Å². The lowest BCUT2D eigenvalue weighted by atomic mass is 10.0. The summed E-state index contributed by atoms with van der Waals surface area (Å²) in [5.41, 5.74) is 4.03. The minimum atomic E-state index is -0.472. The lowest BCUT2D eigenvalue weighted by Crippen LogP contribution is -1.98. The third-order valence-electron chi connectivity index (χ3n) is 3.53. The predicted molar refractivity (Wildman–Crippen MR) is 87.1 cm³/mol. The van der Waals surface area contributed by atoms with Crippen molar-refractivity contribution in [3.63, 3.8) is 0 Å². The topological polar surface area (TPSA) is 60.2 Å². The molecule has 0 heterocycles. The first kappa shape index (κ1) is 15.6. The van der Waals surface area contributed by atoms with Crippen LogP contribution in [0.15, 0.2) is 42.5 Å². The van der Waals surface area contributed by atoms with Crippen molar-refractivity contribution in [3.05, 3.63) is 80.4 Å². The van der Waals surface area contributed by atoms with E-state index >= 15 is 0 Å². The van der Waals surface area contributed by atoms with Crippen LogP contribution in [0.1, 0.15) is 32.6 Å². The Hall–Kier alpha value is -2.75. The zero-order chi connectivity index (χ0) is 16.3. The Labute approximate surface area is 129 Å². The molecule has 0 N–H and O–H groups in total. The van der Waals surface area contributed by atoms with Gasteiger partial charge >= 0.3 is 0 Å². The van der Waals surface area contributed by atoms with Gasteiger partial charge in [-0.3, -0.25) is 14.9 Å². The Morgan fingerprint density at radius 2 is 1.77 bits per heavy atom. The van der Waals surface area contributed by atoms with Gasteiger partial charge < -0.3 is 0 Å². The summed E-state index contributed by atoms with van der Waals surface area (Å²) in [5.74, 6) is -0.247. The summed E-state index contributed by atoms with van der Waals surface area (Å²) >= 11 is 0. The number of aryl methyl sites for hydroxylation is 3. The average molecular weight is 295 g/mol. The highest BCUT2D eigenvalue weighted by molar-refractivity contribution is 6.07. The molecule has 0 spiro atoms. The number of hydrogen-bond donors (Lipinski definition) is 0. The Kier molecular flexibility index (Phi) is 4.51. The highest BCUT2D eigenvalue weighted by Gasteiger charge is 2.13. The van der Waals surface area contributed by atoms with Crippen LogP contribution in [0.25, 0.3) is 6.08 Å². The van der Waals surface area contributed by atoms with Crippen LogP contribution in [-0.4, -0.2) is 10.7 Å². The lowest BCUT2D eigenvalue weighted by Gasteiger charge is -2.02. The monoisotopic (exact) mass is 295 g/mol. The van der Waals surface area contributed by atoms with Crippen LogP contribution in [0.2, 0.25) is 0 Å². The molecule has 0 saturated carbocycles. The van der Waals surface area contributed by atoms with E-state index in [4.69, 9.17) is 0 Å². The molecule has 22 heavy (non-hydrogen) atoms. The third-order valence-corrected chi connectivity index (χ3v) is 3.53. The smallest absolute Gasteiger partial charge is 0.273 e. The van der Waals surface area contributed by atoms with Gasteiger partial charge in [-0.1, -0.05) is 42.0 Å². The standard InChI is InChI=1S/C18H17NO3/c1-12-4-6-15(14(3)10-12)8-9-18(20)16-7-5-13(2)17(11-16)19(21)22/h4-11H,1-3H3/b9-8+. The number of rotatable bonds is 4. The zero-order valence-corrected chi connectivity index (χ0v) is 12.8. The predicted octanol–water partition coefficient (Wildman–Crippen LogP) is 4.42. The van der Waals surface area contributed by atoms with Gasteiger partial charge in [0.15, 0.2) is 5.78 Å². The van der Waals surface area contributed by atoms with Gasteiger partial charge in [0.1, 0.15) is 0 Å². The van der Waals surface area contributed by atoms with Crippen molar-refractivity contribution in [1.82, 2.24) is 0 Å². The maximum atomic E-state index is 12.2. The Morgan fingerprint density at radius 1 is 1.05 bits per heavy atom. The van der Waals surface area contributed by atoms with Gasteiger partial charge in [-0.25, -0.2) is 0 Å². The highest BCUT2D eigenvalue weighted by Crippen LogP contribution is 2.20. The summed E-state index contributed by atoms with van der Waals surface area (Å²) in [4.78, 5) is 22.6. The largest absolute Gasteiger partial charge is 0.289 e. The van der Waals surface area contributed by atoms with Crippen molar-refractivity contribution in [2.75, 3.05) is 0 Å². The second-order valence-electron chi connectivity index (χ2n) is 5.32. The summed E-state index contributed by atoms with van der Waals surface area (Å²) in [6.45, 7) is 5.64. The molecule has 0 aliphatic carbocycles. The fourth-order valence-corrected chi connectivity index (χ4v) is 2.23. The van der Waals surface area contributed by atoms with Crippen molar-refractivity contribution in [2.24, 2.45) is 0 Å². The summed E-state index contributed by atoms with van der Waals surface area (Å²) in [6.07, 6.45) is 3.19. The molecule has 0 atom stereocenters. The van der Waals surface area contributed by atoms with Crippen LogP contribution in [0.5, 0.6) is 0 Å². The first-order chi connectivity index (χ1) is 10.4. The molecule has 0 saturated heterocycles. The van der Waals surface area contributed by atoms with E-state index in [9.17, 15) is 14.9 Å². The summed E-state index contributed by atoms with van der Waals surface area (Å²) in [7, 11) is 0. The van der Waals surface area contributed by atoms with Crippen molar-refractivity contribution in [3.8, 4) is 0 Å². The van der Waals surface area contributed by atoms with E-state index < -0.39 is 4.92 Å². The molecular weight excluding hydrogens is 278 g/mol. The molecule has 0 aromatic heterocycles. The fourth-order valence-electron chi connectivity index (χ4n) is 2.23. The second-order valence-corrected chi connectivity index (χ2v) is 5.32. The molecule has 0 bridgehead atoms. The number of nitro benzene ring substituents is 1. The lowest BCUT2D eigenvalue weighted by molar-refractivity contribution is -0.385. The molecular formula is C18H17NO3.